The Hall–Kier alpha value is -1.80. The monoisotopic (exact) mass is 287 g/mol. The van der Waals surface area contributed by atoms with Crippen LogP contribution in [0.2, 0.25) is 5.02 Å². The Balaban J connectivity index is 2.15. The number of ketones is 1. The van der Waals surface area contributed by atoms with E-state index in [0.717, 1.165) is 5.69 Å². The molecule has 2 aromatic carbocycles. The maximum Gasteiger partial charge on any atom is 0.182 e. The summed E-state index contributed by atoms with van der Waals surface area (Å²) < 4.78 is 0. The summed E-state index contributed by atoms with van der Waals surface area (Å²) >= 11 is 5.92. The van der Waals surface area contributed by atoms with E-state index in [-0.39, 0.29) is 5.78 Å². The highest BCUT2D eigenvalue weighted by Crippen LogP contribution is 2.20. The van der Waals surface area contributed by atoms with Gasteiger partial charge in [0.25, 0.3) is 0 Å². The highest BCUT2D eigenvalue weighted by Gasteiger charge is 2.11. The van der Waals surface area contributed by atoms with Crippen LogP contribution < -0.4 is 4.90 Å². The van der Waals surface area contributed by atoms with Crippen molar-refractivity contribution in [3.05, 3.63) is 64.2 Å². The quantitative estimate of drug-likeness (QED) is 0.783. The van der Waals surface area contributed by atoms with Crippen LogP contribution in [0.5, 0.6) is 0 Å². The molecule has 0 N–H and O–H groups in total. The molecule has 104 valence electrons. The second-order valence-corrected chi connectivity index (χ2v) is 5.52. The number of aryl methyl sites for hydroxylation is 2. The minimum absolute atomic E-state index is 0.0648. The summed E-state index contributed by atoms with van der Waals surface area (Å²) in [5.74, 6) is 0.0648. The molecular formula is C17H18ClNO. The summed E-state index contributed by atoms with van der Waals surface area (Å²) in [5, 5.41) is 0.588. The number of hydrogen-bond donors (Lipinski definition) is 0. The standard InChI is InChI=1S/C17H18ClNO/c1-12-7-8-16(13(2)9-12)19(3)11-17(20)14-5-4-6-15(18)10-14/h4-10H,11H2,1-3H3. The van der Waals surface area contributed by atoms with Gasteiger partial charge in [0, 0.05) is 23.3 Å². The molecule has 2 aromatic rings. The molecule has 0 heterocycles. The molecule has 0 aliphatic carbocycles. The van der Waals surface area contributed by atoms with Crippen molar-refractivity contribution >= 4 is 23.1 Å². The van der Waals surface area contributed by atoms with Gasteiger partial charge < -0.3 is 4.90 Å². The largest absolute Gasteiger partial charge is 0.367 e. The fourth-order valence-corrected chi connectivity index (χ4v) is 2.48. The number of nitrogens with zero attached hydrogens (tertiary/aromatic N) is 1. The van der Waals surface area contributed by atoms with Crippen molar-refractivity contribution in [3.8, 4) is 0 Å². The van der Waals surface area contributed by atoms with Crippen molar-refractivity contribution in [1.82, 2.24) is 0 Å². The first-order chi connectivity index (χ1) is 9.47. The molecule has 0 radical (unpaired) electrons. The van der Waals surface area contributed by atoms with Gasteiger partial charge in [0.05, 0.1) is 6.54 Å². The predicted octanol–water partition coefficient (Wildman–Crippen LogP) is 4.28. The molecule has 0 amide bonds. The Morgan fingerprint density at radius 1 is 1.15 bits per heavy atom. The number of rotatable bonds is 4. The zero-order valence-corrected chi connectivity index (χ0v) is 12.7. The number of anilines is 1. The highest BCUT2D eigenvalue weighted by molar-refractivity contribution is 6.31. The van der Waals surface area contributed by atoms with Gasteiger partial charge in [-0.25, -0.2) is 0 Å². The van der Waals surface area contributed by atoms with Gasteiger partial charge in [-0.3, -0.25) is 4.79 Å². The van der Waals surface area contributed by atoms with E-state index >= 15 is 0 Å². The van der Waals surface area contributed by atoms with Gasteiger partial charge in [-0.1, -0.05) is 41.4 Å². The smallest absolute Gasteiger partial charge is 0.182 e. The lowest BCUT2D eigenvalue weighted by Gasteiger charge is -2.21. The molecule has 20 heavy (non-hydrogen) atoms. The summed E-state index contributed by atoms with van der Waals surface area (Å²) in [6.07, 6.45) is 0. The van der Waals surface area contributed by atoms with Crippen molar-refractivity contribution in [2.75, 3.05) is 18.5 Å². The van der Waals surface area contributed by atoms with E-state index in [0.29, 0.717) is 17.1 Å². The normalized spacial score (nSPS) is 10.4. The molecule has 0 aliphatic heterocycles. The first kappa shape index (κ1) is 14.6. The summed E-state index contributed by atoms with van der Waals surface area (Å²) in [4.78, 5) is 14.2. The van der Waals surface area contributed by atoms with Gasteiger partial charge in [0.2, 0.25) is 0 Å². The molecule has 0 fully saturated rings. The molecule has 0 saturated heterocycles. The lowest BCUT2D eigenvalue weighted by atomic mass is 10.1. The molecule has 0 bridgehead atoms. The lowest BCUT2D eigenvalue weighted by molar-refractivity contribution is 0.100. The number of Topliss-reactive ketones (excluding diaryl/α,β-unsaturated/α-hetero) is 1. The predicted molar refractivity (Wildman–Crippen MR) is 85.0 cm³/mol. The summed E-state index contributed by atoms with van der Waals surface area (Å²) in [6.45, 7) is 4.46. The topological polar surface area (TPSA) is 20.3 Å². The van der Waals surface area contributed by atoms with Gasteiger partial charge >= 0.3 is 0 Å². The minimum Gasteiger partial charge on any atom is -0.367 e. The van der Waals surface area contributed by atoms with E-state index in [4.69, 9.17) is 11.6 Å². The van der Waals surface area contributed by atoms with Crippen LogP contribution in [0.25, 0.3) is 0 Å². The minimum atomic E-state index is 0.0648. The second kappa shape index (κ2) is 6.10. The van der Waals surface area contributed by atoms with Crippen molar-refractivity contribution < 1.29 is 4.79 Å². The van der Waals surface area contributed by atoms with Gasteiger partial charge in [-0.05, 0) is 37.6 Å². The maximum absolute atomic E-state index is 12.3. The van der Waals surface area contributed by atoms with Gasteiger partial charge in [-0.15, -0.1) is 0 Å². The zero-order valence-electron chi connectivity index (χ0n) is 12.0. The van der Waals surface area contributed by atoms with Crippen LogP contribution in [0.3, 0.4) is 0 Å². The van der Waals surface area contributed by atoms with Gasteiger partial charge in [-0.2, -0.15) is 0 Å². The number of carbonyl (C=O) groups excluding carboxylic acids is 1. The molecule has 2 nitrogen and oxygen atoms in total. The number of halogens is 1. The Bertz CT molecular complexity index is 637. The first-order valence-electron chi connectivity index (χ1n) is 6.54. The molecule has 0 atom stereocenters. The lowest BCUT2D eigenvalue weighted by Crippen LogP contribution is -2.26. The van der Waals surface area contributed by atoms with Crippen LogP contribution in [-0.2, 0) is 0 Å². The van der Waals surface area contributed by atoms with E-state index in [1.165, 1.54) is 11.1 Å². The Kier molecular flexibility index (Phi) is 4.46. The third kappa shape index (κ3) is 3.40. The van der Waals surface area contributed by atoms with E-state index in [9.17, 15) is 4.79 Å². The molecule has 2 rings (SSSR count). The van der Waals surface area contributed by atoms with Crippen LogP contribution in [0.1, 0.15) is 21.5 Å². The number of benzene rings is 2. The third-order valence-corrected chi connectivity index (χ3v) is 3.53. The molecule has 0 spiro atoms. The SMILES string of the molecule is Cc1ccc(N(C)CC(=O)c2cccc(Cl)c2)c(C)c1. The van der Waals surface area contributed by atoms with Crippen LogP contribution >= 0.6 is 11.6 Å². The fourth-order valence-electron chi connectivity index (χ4n) is 2.29. The molecular weight excluding hydrogens is 270 g/mol. The second-order valence-electron chi connectivity index (χ2n) is 5.08. The summed E-state index contributed by atoms with van der Waals surface area (Å²) in [7, 11) is 1.93. The number of carbonyl (C=O) groups is 1. The molecule has 3 heteroatoms. The Morgan fingerprint density at radius 3 is 2.55 bits per heavy atom. The third-order valence-electron chi connectivity index (χ3n) is 3.29. The fraction of sp³-hybridized carbons (Fsp3) is 0.235. The van der Waals surface area contributed by atoms with Crippen LogP contribution in [0, 0.1) is 13.8 Å². The van der Waals surface area contributed by atoms with Crippen LogP contribution in [0.15, 0.2) is 42.5 Å². The average molecular weight is 288 g/mol. The van der Waals surface area contributed by atoms with Crippen LogP contribution in [-0.4, -0.2) is 19.4 Å². The summed E-state index contributed by atoms with van der Waals surface area (Å²) in [5.41, 5.74) is 4.12. The maximum atomic E-state index is 12.3. The van der Waals surface area contributed by atoms with E-state index < -0.39 is 0 Å². The van der Waals surface area contributed by atoms with Crippen molar-refractivity contribution in [3.63, 3.8) is 0 Å². The van der Waals surface area contributed by atoms with Crippen molar-refractivity contribution in [2.24, 2.45) is 0 Å². The number of hydrogen-bond acceptors (Lipinski definition) is 2. The zero-order chi connectivity index (χ0) is 14.7. The van der Waals surface area contributed by atoms with Gasteiger partial charge in [0.1, 0.15) is 0 Å². The van der Waals surface area contributed by atoms with Crippen molar-refractivity contribution in [2.45, 2.75) is 13.8 Å². The van der Waals surface area contributed by atoms with E-state index in [1.807, 2.05) is 11.9 Å². The highest BCUT2D eigenvalue weighted by atomic mass is 35.5. The first-order valence-corrected chi connectivity index (χ1v) is 6.92. The van der Waals surface area contributed by atoms with Gasteiger partial charge in [0.15, 0.2) is 5.78 Å². The van der Waals surface area contributed by atoms with E-state index in [2.05, 4.69) is 32.0 Å². The summed E-state index contributed by atoms with van der Waals surface area (Å²) in [6, 6.07) is 13.3. The Labute approximate surface area is 125 Å². The molecule has 0 aromatic heterocycles. The molecule has 0 saturated carbocycles. The Morgan fingerprint density at radius 2 is 1.90 bits per heavy atom. The molecule has 0 aliphatic rings. The molecule has 0 unspecified atom stereocenters. The van der Waals surface area contributed by atoms with Crippen LogP contribution in [0.4, 0.5) is 5.69 Å². The average Bonchev–Trinajstić information content (AvgIpc) is 2.38. The number of likely N-dealkylation sites (N-methyl/N-ethyl adjacent to an activating group) is 1. The van der Waals surface area contributed by atoms with E-state index in [1.54, 1.807) is 24.3 Å². The van der Waals surface area contributed by atoms with Crippen molar-refractivity contribution in [1.29, 1.82) is 0 Å².